The lowest BCUT2D eigenvalue weighted by Crippen LogP contribution is -2.27. The molecule has 31 heavy (non-hydrogen) atoms. The van der Waals surface area contributed by atoms with Crippen molar-refractivity contribution in [2.45, 2.75) is 26.7 Å². The number of nitrogens with zero attached hydrogens (tertiary/aromatic N) is 1. The van der Waals surface area contributed by atoms with Crippen LogP contribution in [0.25, 0.3) is 11.8 Å². The average molecular weight is 430 g/mol. The number of carbonyl (C=O) groups is 2. The number of nitrogens with one attached hydrogen (secondary N) is 1. The fourth-order valence-corrected chi connectivity index (χ4v) is 2.53. The zero-order chi connectivity index (χ0) is 23.4. The molecule has 0 aliphatic carbocycles. The summed E-state index contributed by atoms with van der Waals surface area (Å²) in [7, 11) is 1.25. The fraction of sp³-hybridized carbons (Fsp3) is 0.318. The van der Waals surface area contributed by atoms with Gasteiger partial charge in [-0.2, -0.15) is 0 Å². The van der Waals surface area contributed by atoms with Crippen molar-refractivity contribution in [3.8, 4) is 0 Å². The number of esters is 1. The topological polar surface area (TPSA) is 166 Å². The lowest BCUT2D eigenvalue weighted by molar-refractivity contribution is -0.136. The minimum atomic E-state index is -0.637. The number of nitrogens with two attached hydrogens (primary N) is 3. The largest absolute Gasteiger partial charge is 0.464 e. The monoisotopic (exact) mass is 429 g/mol. The minimum absolute atomic E-state index is 0.0619. The number of benzene rings is 1. The molecular weight excluding hydrogens is 398 g/mol. The van der Waals surface area contributed by atoms with E-state index in [2.05, 4.69) is 15.0 Å². The third kappa shape index (κ3) is 7.98. The molecule has 0 saturated carbocycles. The zero-order valence-electron chi connectivity index (χ0n) is 18.1. The lowest BCUT2D eigenvalue weighted by Gasteiger charge is -2.07. The highest BCUT2D eigenvalue weighted by atomic mass is 16.5. The Morgan fingerprint density at radius 3 is 2.55 bits per heavy atom. The molecule has 0 aromatic heterocycles. The molecule has 0 spiro atoms. The van der Waals surface area contributed by atoms with Crippen LogP contribution in [0.3, 0.4) is 0 Å². The smallest absolute Gasteiger partial charge is 0.353 e. The van der Waals surface area contributed by atoms with Gasteiger partial charge in [0.25, 0.3) is 0 Å². The van der Waals surface area contributed by atoms with E-state index in [1.54, 1.807) is 25.1 Å². The van der Waals surface area contributed by atoms with E-state index in [1.165, 1.54) is 19.3 Å². The number of hydrogen-bond acceptors (Lipinski definition) is 8. The second kappa shape index (κ2) is 12.9. The summed E-state index contributed by atoms with van der Waals surface area (Å²) in [5.41, 5.74) is 20.6. The van der Waals surface area contributed by atoms with Gasteiger partial charge < -0.3 is 32.4 Å². The summed E-state index contributed by atoms with van der Waals surface area (Å²) in [4.78, 5) is 28.0. The summed E-state index contributed by atoms with van der Waals surface area (Å²) < 4.78 is 4.53. The van der Waals surface area contributed by atoms with Crippen molar-refractivity contribution < 1.29 is 19.4 Å². The number of rotatable bonds is 6. The molecule has 1 aromatic carbocycles. The molecule has 0 radical (unpaired) electrons. The number of fused-ring (bicyclic) bond motifs is 1. The highest BCUT2D eigenvalue weighted by molar-refractivity contribution is 6.05. The van der Waals surface area contributed by atoms with Crippen LogP contribution in [0.5, 0.6) is 0 Å². The van der Waals surface area contributed by atoms with Crippen molar-refractivity contribution in [3.05, 3.63) is 52.7 Å². The molecule has 1 amide bonds. The van der Waals surface area contributed by atoms with Crippen LogP contribution in [0.15, 0.2) is 46.6 Å². The molecule has 0 atom stereocenters. The van der Waals surface area contributed by atoms with Crippen LogP contribution in [0.4, 0.5) is 5.69 Å². The number of aliphatic hydroxyl groups is 1. The first-order valence-electron chi connectivity index (χ1n) is 9.85. The number of ether oxygens (including phenoxy) is 1. The normalized spacial score (nSPS) is 13.5. The van der Waals surface area contributed by atoms with Crippen molar-refractivity contribution in [2.75, 3.05) is 20.3 Å². The zero-order valence-corrected chi connectivity index (χ0v) is 18.1. The van der Waals surface area contributed by atoms with Crippen LogP contribution in [0.2, 0.25) is 0 Å². The molecule has 1 aromatic rings. The summed E-state index contributed by atoms with van der Waals surface area (Å²) in [5, 5.41) is 10.4. The summed E-state index contributed by atoms with van der Waals surface area (Å²) in [6, 6.07) is 5.37. The Hall–Kier alpha value is -3.59. The number of carbonyl (C=O) groups excluding carboxylic acids is 2. The van der Waals surface area contributed by atoms with Gasteiger partial charge in [0, 0.05) is 36.4 Å². The molecule has 1 aliphatic rings. The van der Waals surface area contributed by atoms with Crippen molar-refractivity contribution in [1.82, 2.24) is 5.32 Å². The Morgan fingerprint density at radius 2 is 1.94 bits per heavy atom. The predicted molar refractivity (Wildman–Crippen MR) is 123 cm³/mol. The number of aliphatic hydroxyl groups excluding tert-OH is 1. The molecule has 9 heteroatoms. The van der Waals surface area contributed by atoms with Gasteiger partial charge in [0.05, 0.1) is 12.8 Å². The highest BCUT2D eigenvalue weighted by Gasteiger charge is 2.16. The average Bonchev–Trinajstić information content (AvgIpc) is 2.92. The van der Waals surface area contributed by atoms with Crippen LogP contribution >= 0.6 is 0 Å². The van der Waals surface area contributed by atoms with Gasteiger partial charge >= 0.3 is 5.97 Å². The highest BCUT2D eigenvalue weighted by Crippen LogP contribution is 2.29. The van der Waals surface area contributed by atoms with Gasteiger partial charge in [-0.15, -0.1) is 0 Å². The third-order valence-corrected chi connectivity index (χ3v) is 4.02. The van der Waals surface area contributed by atoms with E-state index in [9.17, 15) is 9.59 Å². The maximum atomic E-state index is 12.3. The summed E-state index contributed by atoms with van der Waals surface area (Å²) >= 11 is 0. The van der Waals surface area contributed by atoms with E-state index in [4.69, 9.17) is 22.3 Å². The van der Waals surface area contributed by atoms with E-state index in [-0.39, 0.29) is 24.6 Å². The number of amides is 1. The van der Waals surface area contributed by atoms with Gasteiger partial charge in [-0.1, -0.05) is 19.1 Å². The van der Waals surface area contributed by atoms with E-state index < -0.39 is 5.97 Å². The van der Waals surface area contributed by atoms with Crippen LogP contribution in [0, 0.1) is 0 Å². The molecule has 0 fully saturated rings. The SMILES string of the molecule is CCCNC(=O)C1=Cc2ccc(/C(N)=C/C=C(\N)C(=O)OC)cc2N=C(N)C1.CCO. The van der Waals surface area contributed by atoms with Crippen molar-refractivity contribution in [1.29, 1.82) is 0 Å². The van der Waals surface area contributed by atoms with Crippen LogP contribution < -0.4 is 22.5 Å². The van der Waals surface area contributed by atoms with Crippen LogP contribution in [-0.4, -0.2) is 43.1 Å². The van der Waals surface area contributed by atoms with Crippen LogP contribution in [-0.2, 0) is 14.3 Å². The quantitative estimate of drug-likeness (QED) is 0.258. The second-order valence-corrected chi connectivity index (χ2v) is 6.53. The van der Waals surface area contributed by atoms with Gasteiger partial charge in [0.15, 0.2) is 0 Å². The Balaban J connectivity index is 0.00000151. The van der Waals surface area contributed by atoms with Gasteiger partial charge in [-0.3, -0.25) is 4.79 Å². The van der Waals surface area contributed by atoms with Gasteiger partial charge in [-0.25, -0.2) is 9.79 Å². The summed E-state index contributed by atoms with van der Waals surface area (Å²) in [5.74, 6) is -0.451. The van der Waals surface area contributed by atoms with Gasteiger partial charge in [0.2, 0.25) is 5.91 Å². The van der Waals surface area contributed by atoms with Crippen molar-refractivity contribution in [3.63, 3.8) is 0 Å². The number of hydrogen-bond donors (Lipinski definition) is 5. The van der Waals surface area contributed by atoms with Crippen molar-refractivity contribution in [2.24, 2.45) is 22.2 Å². The molecule has 0 bridgehead atoms. The van der Waals surface area contributed by atoms with E-state index in [0.717, 1.165) is 12.0 Å². The minimum Gasteiger partial charge on any atom is -0.464 e. The standard InChI is InChI=1S/C20H25N5O3.C2H6O/c1-3-8-24-19(26)14-9-13-5-4-12(10-17(13)25-18(23)11-14)15(21)6-7-16(22)20(27)28-2;1-2-3/h4-7,9-10H,3,8,11,21-22H2,1-2H3,(H2,23,25)(H,24,26);3H,2H2,1H3/b15-6-,16-7-;. The predicted octanol–water partition coefficient (Wildman–Crippen LogP) is 1.30. The Kier molecular flexibility index (Phi) is 10.6. The molecule has 1 heterocycles. The molecule has 0 saturated heterocycles. The molecule has 9 nitrogen and oxygen atoms in total. The van der Waals surface area contributed by atoms with Crippen molar-refractivity contribution >= 4 is 35.2 Å². The molecule has 0 unspecified atom stereocenters. The maximum absolute atomic E-state index is 12.3. The first-order valence-corrected chi connectivity index (χ1v) is 9.85. The molecule has 8 N–H and O–H groups in total. The first-order chi connectivity index (χ1) is 14.8. The Morgan fingerprint density at radius 1 is 1.26 bits per heavy atom. The number of allylic oxidation sites excluding steroid dienone is 2. The number of aliphatic imine (C=N–C) groups is 1. The lowest BCUT2D eigenvalue weighted by atomic mass is 10.0. The summed E-state index contributed by atoms with van der Waals surface area (Å²) in [6.45, 7) is 4.52. The molecule has 1 aliphatic heterocycles. The van der Waals surface area contributed by atoms with Crippen LogP contribution in [0.1, 0.15) is 37.8 Å². The van der Waals surface area contributed by atoms with E-state index >= 15 is 0 Å². The van der Waals surface area contributed by atoms with Gasteiger partial charge in [0.1, 0.15) is 11.5 Å². The number of amidine groups is 1. The molecule has 168 valence electrons. The third-order valence-electron chi connectivity index (χ3n) is 4.02. The van der Waals surface area contributed by atoms with Gasteiger partial charge in [-0.05, 0) is 43.2 Å². The Bertz CT molecular complexity index is 916. The molecular formula is C22H31N5O4. The number of methoxy groups -OCH3 is 1. The first kappa shape index (κ1) is 25.4. The summed E-state index contributed by atoms with van der Waals surface area (Å²) in [6.07, 6.45) is 5.78. The second-order valence-electron chi connectivity index (χ2n) is 6.53. The van der Waals surface area contributed by atoms with E-state index in [0.29, 0.717) is 34.9 Å². The van der Waals surface area contributed by atoms with E-state index in [1.807, 2.05) is 13.0 Å². The fourth-order valence-electron chi connectivity index (χ4n) is 2.53. The molecule has 2 rings (SSSR count). The maximum Gasteiger partial charge on any atom is 0.353 e. The Labute approximate surface area is 182 Å².